The van der Waals surface area contributed by atoms with Crippen LogP contribution in [0.15, 0.2) is 24.3 Å². The van der Waals surface area contributed by atoms with Gasteiger partial charge in [0.05, 0.1) is 0 Å². The van der Waals surface area contributed by atoms with Gasteiger partial charge in [0.25, 0.3) is 0 Å². The van der Waals surface area contributed by atoms with E-state index in [1.165, 1.54) is 12.1 Å². The summed E-state index contributed by atoms with van der Waals surface area (Å²) in [6, 6.07) is 6.37. The van der Waals surface area contributed by atoms with Crippen LogP contribution in [-0.4, -0.2) is 10.9 Å². The van der Waals surface area contributed by atoms with Crippen LogP contribution in [0.2, 0.25) is 0 Å². The summed E-state index contributed by atoms with van der Waals surface area (Å²) >= 11 is 0. The number of aldehydes is 1. The van der Waals surface area contributed by atoms with Crippen molar-refractivity contribution in [1.29, 1.82) is 0 Å². The molecule has 0 fully saturated rings. The minimum atomic E-state index is -0.277. The second-order valence-corrected chi connectivity index (χ2v) is 4.14. The van der Waals surface area contributed by atoms with Gasteiger partial charge in [-0.15, -0.1) is 0 Å². The van der Waals surface area contributed by atoms with Crippen molar-refractivity contribution >= 4 is 6.29 Å². The van der Waals surface area contributed by atoms with E-state index in [1.54, 1.807) is 6.07 Å². The third kappa shape index (κ3) is 1.78. The minimum absolute atomic E-state index is 0.277. The Balaban J connectivity index is 2.72. The highest BCUT2D eigenvalue weighted by Crippen LogP contribution is 2.24. The maximum absolute atomic E-state index is 13.2. The van der Waals surface area contributed by atoms with Gasteiger partial charge >= 0.3 is 0 Å². The number of hydrogen-bond donors (Lipinski definition) is 0. The predicted octanol–water partition coefficient (Wildman–Crippen LogP) is 3.35. The highest BCUT2D eigenvalue weighted by Gasteiger charge is 2.14. The Bertz CT molecular complexity index is 584. The fraction of sp³-hybridized carbons (Fsp3) is 0.214. The maximum atomic E-state index is 13.2. The average Bonchev–Trinajstić information content (AvgIpc) is 2.50. The molecule has 0 atom stereocenters. The first-order chi connectivity index (χ1) is 8.06. The molecule has 88 valence electrons. The number of rotatable bonds is 2. The van der Waals surface area contributed by atoms with Crippen LogP contribution in [0.25, 0.3) is 5.69 Å². The topological polar surface area (TPSA) is 22.0 Å². The Hall–Kier alpha value is -1.90. The van der Waals surface area contributed by atoms with E-state index in [4.69, 9.17) is 0 Å². The van der Waals surface area contributed by atoms with Crippen molar-refractivity contribution in [2.75, 3.05) is 0 Å². The van der Waals surface area contributed by atoms with Crippen molar-refractivity contribution in [2.45, 2.75) is 20.8 Å². The predicted molar refractivity (Wildman–Crippen MR) is 65.3 cm³/mol. The molecule has 1 heterocycles. The van der Waals surface area contributed by atoms with Gasteiger partial charge in [0, 0.05) is 22.6 Å². The van der Waals surface area contributed by atoms with E-state index in [1.807, 2.05) is 31.4 Å². The van der Waals surface area contributed by atoms with E-state index >= 15 is 0 Å². The zero-order chi connectivity index (χ0) is 12.6. The fourth-order valence-corrected chi connectivity index (χ4v) is 2.18. The standard InChI is InChI=1S/C14H14FNO/c1-9-10(2)16(11(3)14(9)8-17)13-6-4-5-12(15)7-13/h4-8H,1-3H3. The number of carbonyl (C=O) groups excluding carboxylic acids is 1. The molecule has 0 bridgehead atoms. The monoisotopic (exact) mass is 231 g/mol. The summed E-state index contributed by atoms with van der Waals surface area (Å²) in [5.74, 6) is -0.277. The summed E-state index contributed by atoms with van der Waals surface area (Å²) < 4.78 is 15.1. The molecule has 0 unspecified atom stereocenters. The Morgan fingerprint density at radius 1 is 1.18 bits per heavy atom. The Morgan fingerprint density at radius 2 is 1.88 bits per heavy atom. The molecule has 0 saturated heterocycles. The lowest BCUT2D eigenvalue weighted by molar-refractivity contribution is 0.112. The lowest BCUT2D eigenvalue weighted by Gasteiger charge is -2.09. The van der Waals surface area contributed by atoms with Gasteiger partial charge < -0.3 is 4.57 Å². The van der Waals surface area contributed by atoms with Gasteiger partial charge in [0.1, 0.15) is 5.82 Å². The molecule has 17 heavy (non-hydrogen) atoms. The van der Waals surface area contributed by atoms with E-state index in [0.29, 0.717) is 5.56 Å². The quantitative estimate of drug-likeness (QED) is 0.726. The van der Waals surface area contributed by atoms with E-state index in [2.05, 4.69) is 0 Å². The van der Waals surface area contributed by atoms with Crippen LogP contribution in [0.5, 0.6) is 0 Å². The molecular weight excluding hydrogens is 217 g/mol. The average molecular weight is 231 g/mol. The molecule has 0 aliphatic heterocycles. The van der Waals surface area contributed by atoms with Gasteiger partial charge in [-0.3, -0.25) is 4.79 Å². The van der Waals surface area contributed by atoms with Crippen LogP contribution in [-0.2, 0) is 0 Å². The number of benzene rings is 1. The van der Waals surface area contributed by atoms with E-state index in [0.717, 1.165) is 28.9 Å². The Morgan fingerprint density at radius 3 is 2.41 bits per heavy atom. The molecule has 0 aliphatic rings. The summed E-state index contributed by atoms with van der Waals surface area (Å²) in [6.07, 6.45) is 0.855. The molecule has 0 saturated carbocycles. The second kappa shape index (κ2) is 4.17. The second-order valence-electron chi connectivity index (χ2n) is 4.14. The van der Waals surface area contributed by atoms with Gasteiger partial charge in [-0.1, -0.05) is 6.07 Å². The summed E-state index contributed by atoms with van der Waals surface area (Å²) in [7, 11) is 0. The molecule has 0 radical (unpaired) electrons. The highest BCUT2D eigenvalue weighted by atomic mass is 19.1. The lowest BCUT2D eigenvalue weighted by atomic mass is 10.1. The highest BCUT2D eigenvalue weighted by molar-refractivity contribution is 5.80. The third-order valence-corrected chi connectivity index (χ3v) is 3.19. The first-order valence-corrected chi connectivity index (χ1v) is 5.46. The van der Waals surface area contributed by atoms with Crippen LogP contribution in [0.4, 0.5) is 4.39 Å². The minimum Gasteiger partial charge on any atom is -0.317 e. The number of hydrogen-bond acceptors (Lipinski definition) is 1. The van der Waals surface area contributed by atoms with Gasteiger partial charge in [-0.25, -0.2) is 4.39 Å². The Labute approximate surface area is 99.7 Å². The summed E-state index contributed by atoms with van der Waals surface area (Å²) in [6.45, 7) is 5.71. The van der Waals surface area contributed by atoms with E-state index < -0.39 is 0 Å². The van der Waals surface area contributed by atoms with Crippen molar-refractivity contribution < 1.29 is 9.18 Å². The van der Waals surface area contributed by atoms with Crippen LogP contribution in [0, 0.1) is 26.6 Å². The largest absolute Gasteiger partial charge is 0.317 e. The van der Waals surface area contributed by atoms with Crippen LogP contribution >= 0.6 is 0 Å². The van der Waals surface area contributed by atoms with Gasteiger partial charge in [-0.05, 0) is 44.5 Å². The fourth-order valence-electron chi connectivity index (χ4n) is 2.18. The molecule has 2 nitrogen and oxygen atoms in total. The van der Waals surface area contributed by atoms with Gasteiger partial charge in [0.2, 0.25) is 0 Å². The van der Waals surface area contributed by atoms with Crippen LogP contribution in [0.3, 0.4) is 0 Å². The number of carbonyl (C=O) groups is 1. The number of aromatic nitrogens is 1. The SMILES string of the molecule is Cc1c(C=O)c(C)n(-c2cccc(F)c2)c1C. The zero-order valence-corrected chi connectivity index (χ0v) is 10.1. The molecule has 1 aromatic carbocycles. The lowest BCUT2D eigenvalue weighted by Crippen LogP contribution is -2.00. The van der Waals surface area contributed by atoms with Crippen molar-refractivity contribution in [3.05, 3.63) is 52.6 Å². The van der Waals surface area contributed by atoms with Crippen LogP contribution in [0.1, 0.15) is 27.3 Å². The maximum Gasteiger partial charge on any atom is 0.152 e. The first-order valence-electron chi connectivity index (χ1n) is 5.46. The normalized spacial score (nSPS) is 10.6. The van der Waals surface area contributed by atoms with Gasteiger partial charge in [-0.2, -0.15) is 0 Å². The molecular formula is C14H14FNO. The van der Waals surface area contributed by atoms with Crippen LogP contribution < -0.4 is 0 Å². The van der Waals surface area contributed by atoms with Crippen molar-refractivity contribution in [2.24, 2.45) is 0 Å². The van der Waals surface area contributed by atoms with Crippen molar-refractivity contribution in [3.8, 4) is 5.69 Å². The number of nitrogens with zero attached hydrogens (tertiary/aromatic N) is 1. The first kappa shape index (κ1) is 11.6. The molecule has 0 aliphatic carbocycles. The summed E-state index contributed by atoms with van der Waals surface area (Å²) in [5.41, 5.74) is 4.19. The smallest absolute Gasteiger partial charge is 0.152 e. The van der Waals surface area contributed by atoms with Crippen molar-refractivity contribution in [3.63, 3.8) is 0 Å². The molecule has 2 rings (SSSR count). The Kier molecular flexibility index (Phi) is 2.84. The number of halogens is 1. The molecule has 1 aromatic heterocycles. The summed E-state index contributed by atoms with van der Waals surface area (Å²) in [5, 5.41) is 0. The van der Waals surface area contributed by atoms with E-state index in [9.17, 15) is 9.18 Å². The summed E-state index contributed by atoms with van der Waals surface area (Å²) in [4.78, 5) is 11.0. The van der Waals surface area contributed by atoms with Gasteiger partial charge in [0.15, 0.2) is 6.29 Å². The molecule has 3 heteroatoms. The van der Waals surface area contributed by atoms with E-state index in [-0.39, 0.29) is 5.82 Å². The molecule has 2 aromatic rings. The zero-order valence-electron chi connectivity index (χ0n) is 10.1. The third-order valence-electron chi connectivity index (χ3n) is 3.19. The van der Waals surface area contributed by atoms with Crippen molar-refractivity contribution in [1.82, 2.24) is 4.57 Å². The molecule has 0 spiro atoms. The molecule has 0 amide bonds. The molecule has 0 N–H and O–H groups in total.